The van der Waals surface area contributed by atoms with E-state index < -0.39 is 23.8 Å². The molecule has 1 amide bonds. The molecule has 1 spiro atoms. The lowest BCUT2D eigenvalue weighted by molar-refractivity contribution is -0.120. The summed E-state index contributed by atoms with van der Waals surface area (Å²) in [6.45, 7) is 10.4. The van der Waals surface area contributed by atoms with Crippen LogP contribution in [0.2, 0.25) is 0 Å². The average Bonchev–Trinajstić information content (AvgIpc) is 2.77. The summed E-state index contributed by atoms with van der Waals surface area (Å²) in [5, 5.41) is 17.4. The fourth-order valence-electron chi connectivity index (χ4n) is 5.80. The smallest absolute Gasteiger partial charge is 0.218 e. The van der Waals surface area contributed by atoms with Gasteiger partial charge in [-0.25, -0.2) is 13.8 Å². The summed E-state index contributed by atoms with van der Waals surface area (Å²) in [7, 11) is 0. The van der Waals surface area contributed by atoms with Crippen LogP contribution in [0.25, 0.3) is 0 Å². The van der Waals surface area contributed by atoms with Gasteiger partial charge >= 0.3 is 0 Å². The van der Waals surface area contributed by atoms with E-state index in [2.05, 4.69) is 49.4 Å². The third kappa shape index (κ3) is 6.85. The molecule has 0 unspecified atom stereocenters. The second-order valence-corrected chi connectivity index (χ2v) is 12.3. The van der Waals surface area contributed by atoms with Crippen LogP contribution in [0.1, 0.15) is 76.6 Å². The molecule has 2 aliphatic rings. The molecule has 202 valence electrons. The van der Waals surface area contributed by atoms with E-state index in [0.29, 0.717) is 17.4 Å². The largest absolute Gasteiger partial charge is 0.471 e. The summed E-state index contributed by atoms with van der Waals surface area (Å²) in [6, 6.07) is 5.03. The van der Waals surface area contributed by atoms with Gasteiger partial charge in [0.05, 0.1) is 12.1 Å². The predicted molar refractivity (Wildman–Crippen MR) is 138 cm³/mol. The van der Waals surface area contributed by atoms with Gasteiger partial charge in [-0.15, -0.1) is 0 Å². The molecular formula is C29H39F2N3O3. The first kappa shape index (κ1) is 27.5. The molecule has 37 heavy (non-hydrogen) atoms. The highest BCUT2D eigenvalue weighted by Crippen LogP contribution is 2.50. The van der Waals surface area contributed by atoms with Crippen molar-refractivity contribution in [1.29, 1.82) is 0 Å². The molecule has 0 radical (unpaired) electrons. The number of fused-ring (bicyclic) bond motifs is 1. The molecule has 1 saturated carbocycles. The highest BCUT2D eigenvalue weighted by Gasteiger charge is 2.49. The zero-order valence-electron chi connectivity index (χ0n) is 22.4. The van der Waals surface area contributed by atoms with Gasteiger partial charge in [-0.1, -0.05) is 33.8 Å². The maximum atomic E-state index is 13.7. The third-order valence-electron chi connectivity index (χ3n) is 7.24. The van der Waals surface area contributed by atoms with E-state index in [-0.39, 0.29) is 35.9 Å². The van der Waals surface area contributed by atoms with Crippen molar-refractivity contribution in [3.05, 3.63) is 58.8 Å². The average molecular weight is 516 g/mol. The number of aromatic nitrogens is 1. The Balaban J connectivity index is 1.51. The van der Waals surface area contributed by atoms with Crippen LogP contribution < -0.4 is 15.4 Å². The zero-order valence-corrected chi connectivity index (χ0v) is 22.4. The molecule has 1 fully saturated rings. The van der Waals surface area contributed by atoms with Gasteiger partial charge in [0, 0.05) is 37.7 Å². The van der Waals surface area contributed by atoms with E-state index in [9.17, 15) is 18.7 Å². The van der Waals surface area contributed by atoms with Gasteiger partial charge in [0.2, 0.25) is 11.8 Å². The molecule has 1 aromatic carbocycles. The number of amides is 1. The number of nitrogens with zero attached hydrogens (tertiary/aromatic N) is 1. The van der Waals surface area contributed by atoms with Crippen molar-refractivity contribution in [3.8, 4) is 5.88 Å². The van der Waals surface area contributed by atoms with Crippen molar-refractivity contribution >= 4 is 5.91 Å². The summed E-state index contributed by atoms with van der Waals surface area (Å²) in [4.78, 5) is 16.5. The third-order valence-corrected chi connectivity index (χ3v) is 7.24. The maximum Gasteiger partial charge on any atom is 0.218 e. The van der Waals surface area contributed by atoms with E-state index in [1.807, 2.05) is 6.20 Å². The number of benzene rings is 1. The molecule has 0 saturated heterocycles. The molecule has 8 heteroatoms. The molecule has 1 aliphatic heterocycles. The minimum absolute atomic E-state index is 0.0698. The van der Waals surface area contributed by atoms with Crippen LogP contribution in [-0.2, 0) is 17.6 Å². The van der Waals surface area contributed by atoms with Crippen molar-refractivity contribution in [1.82, 2.24) is 15.6 Å². The fraction of sp³-hybridized carbons (Fsp3) is 0.586. The first-order valence-corrected chi connectivity index (χ1v) is 13.1. The molecule has 1 aliphatic carbocycles. The van der Waals surface area contributed by atoms with Gasteiger partial charge in [-0.05, 0) is 66.3 Å². The molecule has 2 aromatic rings. The zero-order chi connectivity index (χ0) is 27.0. The predicted octanol–water partition coefficient (Wildman–Crippen LogP) is 4.64. The van der Waals surface area contributed by atoms with Crippen LogP contribution in [0.5, 0.6) is 5.88 Å². The molecular weight excluding hydrogens is 476 g/mol. The fourth-order valence-corrected chi connectivity index (χ4v) is 5.80. The maximum absolute atomic E-state index is 13.7. The minimum atomic E-state index is -0.955. The number of carbonyl (C=O) groups is 1. The lowest BCUT2D eigenvalue weighted by Gasteiger charge is -2.50. The van der Waals surface area contributed by atoms with Crippen LogP contribution in [0.3, 0.4) is 0 Å². The van der Waals surface area contributed by atoms with E-state index in [4.69, 9.17) is 4.74 Å². The first-order valence-electron chi connectivity index (χ1n) is 13.1. The number of hydrogen-bond donors (Lipinski definition) is 3. The summed E-state index contributed by atoms with van der Waals surface area (Å²) in [6.07, 6.45) is 4.68. The highest BCUT2D eigenvalue weighted by atomic mass is 19.2. The number of hydrogen-bond acceptors (Lipinski definition) is 5. The van der Waals surface area contributed by atoms with Crippen molar-refractivity contribution in [2.75, 3.05) is 6.54 Å². The van der Waals surface area contributed by atoms with Crippen LogP contribution in [0.15, 0.2) is 30.5 Å². The summed E-state index contributed by atoms with van der Waals surface area (Å²) in [5.41, 5.74) is 2.47. The molecule has 6 nitrogen and oxygen atoms in total. The van der Waals surface area contributed by atoms with Crippen molar-refractivity contribution in [3.63, 3.8) is 0 Å². The number of ether oxygens (including phenoxy) is 1. The van der Waals surface area contributed by atoms with E-state index >= 15 is 0 Å². The Morgan fingerprint density at radius 2 is 1.92 bits per heavy atom. The van der Waals surface area contributed by atoms with Gasteiger partial charge in [0.25, 0.3) is 0 Å². The van der Waals surface area contributed by atoms with Crippen molar-refractivity contribution < 1.29 is 23.4 Å². The molecule has 1 aromatic heterocycles. The van der Waals surface area contributed by atoms with Gasteiger partial charge in [-0.3, -0.25) is 4.79 Å². The Labute approximate surface area is 218 Å². The van der Waals surface area contributed by atoms with Gasteiger partial charge in [0.1, 0.15) is 5.60 Å². The number of pyridine rings is 1. The number of aliphatic hydroxyl groups excluding tert-OH is 1. The van der Waals surface area contributed by atoms with Gasteiger partial charge in [-0.2, -0.15) is 0 Å². The Bertz CT molecular complexity index is 1130. The number of aliphatic hydroxyl groups is 1. The number of rotatable bonds is 8. The number of carbonyl (C=O) groups excluding carboxylic acids is 1. The minimum Gasteiger partial charge on any atom is -0.471 e. The topological polar surface area (TPSA) is 83.5 Å². The Morgan fingerprint density at radius 3 is 2.54 bits per heavy atom. The van der Waals surface area contributed by atoms with Gasteiger partial charge in [0.15, 0.2) is 11.6 Å². The van der Waals surface area contributed by atoms with E-state index in [0.717, 1.165) is 48.9 Å². The van der Waals surface area contributed by atoms with Crippen LogP contribution in [-0.4, -0.2) is 40.3 Å². The number of nitrogens with one attached hydrogen (secondary N) is 2. The lowest BCUT2D eigenvalue weighted by atomic mass is 9.67. The summed E-state index contributed by atoms with van der Waals surface area (Å²) >= 11 is 0. The quantitative estimate of drug-likeness (QED) is 0.477. The summed E-state index contributed by atoms with van der Waals surface area (Å²) < 4.78 is 33.5. The Morgan fingerprint density at radius 1 is 1.19 bits per heavy atom. The first-order chi connectivity index (χ1) is 17.3. The normalized spacial score (nSPS) is 24.5. The Kier molecular flexibility index (Phi) is 7.91. The Hall–Kier alpha value is -2.58. The van der Waals surface area contributed by atoms with Gasteiger partial charge < -0.3 is 20.5 Å². The van der Waals surface area contributed by atoms with Crippen LogP contribution in [0.4, 0.5) is 8.78 Å². The molecule has 0 bridgehead atoms. The van der Waals surface area contributed by atoms with Crippen LogP contribution >= 0.6 is 0 Å². The second kappa shape index (κ2) is 10.7. The highest BCUT2D eigenvalue weighted by molar-refractivity contribution is 5.73. The van der Waals surface area contributed by atoms with Crippen LogP contribution in [0, 0.1) is 23.0 Å². The molecule has 2 heterocycles. The second-order valence-electron chi connectivity index (χ2n) is 12.3. The molecule has 3 atom stereocenters. The molecule has 4 rings (SSSR count). The molecule has 3 N–H and O–H groups in total. The van der Waals surface area contributed by atoms with E-state index in [1.54, 1.807) is 0 Å². The monoisotopic (exact) mass is 515 g/mol. The van der Waals surface area contributed by atoms with Crippen molar-refractivity contribution in [2.24, 2.45) is 11.3 Å². The number of halogens is 2. The van der Waals surface area contributed by atoms with E-state index in [1.165, 1.54) is 13.0 Å². The summed E-state index contributed by atoms with van der Waals surface area (Å²) in [5.74, 6) is -0.958. The van der Waals surface area contributed by atoms with Crippen molar-refractivity contribution in [2.45, 2.75) is 90.5 Å². The lowest BCUT2D eigenvalue weighted by Crippen LogP contribution is -2.54. The standard InChI is InChI=1S/C29H39F2N3O3/c1-17-11-29(12-17)14-25(21-8-20(13-28(3,4)5)15-33-27(21)37-29)32-16-26(36)24(34-18(2)35)10-19-6-7-22(30)23(31)9-19/h6-9,15,17,24-26,32,36H,10-14,16H2,1-5H3,(H,34,35)/t17?,24-,25-,26+,29?/m0/s1. The SMILES string of the molecule is CC(=O)N[C@@H](Cc1ccc(F)c(F)c1)[C@H](O)CN[C@H]1CC2(CC(C)C2)Oc2ncc(CC(C)(C)C)cc21.